The lowest BCUT2D eigenvalue weighted by atomic mass is 10.6. The van der Waals surface area contributed by atoms with E-state index in [9.17, 15) is 0 Å². The standard InChI is InChI=1S/C5H6N2O.2BrH/c8-5-3-6-1-2-7-4-5;;/h1-4,6,8H;2*1H. The summed E-state index contributed by atoms with van der Waals surface area (Å²) in [5.74, 6) is 0.134. The fraction of sp³-hybridized carbons (Fsp3) is 0. The summed E-state index contributed by atoms with van der Waals surface area (Å²) in [6, 6.07) is 0. The van der Waals surface area contributed by atoms with Gasteiger partial charge in [0.25, 0.3) is 0 Å². The van der Waals surface area contributed by atoms with Crippen LogP contribution in [0.4, 0.5) is 0 Å². The summed E-state index contributed by atoms with van der Waals surface area (Å²) >= 11 is 0. The van der Waals surface area contributed by atoms with Crippen LogP contribution in [0.3, 0.4) is 0 Å². The normalized spacial score (nSPS) is 13.4. The van der Waals surface area contributed by atoms with Crippen LogP contribution < -0.4 is 5.32 Å². The number of allylic oxidation sites excluding steroid dienone is 1. The molecule has 0 aliphatic carbocycles. The summed E-state index contributed by atoms with van der Waals surface area (Å²) in [6.45, 7) is 0. The van der Waals surface area contributed by atoms with Crippen LogP contribution >= 0.6 is 34.0 Å². The number of aliphatic hydroxyl groups is 1. The molecule has 0 saturated heterocycles. The first-order valence-electron chi connectivity index (χ1n) is 2.23. The van der Waals surface area contributed by atoms with Crippen LogP contribution in [0.15, 0.2) is 29.4 Å². The Morgan fingerprint density at radius 3 is 2.80 bits per heavy atom. The van der Waals surface area contributed by atoms with E-state index in [0.717, 1.165) is 0 Å². The summed E-state index contributed by atoms with van der Waals surface area (Å²) in [5.41, 5.74) is 0. The van der Waals surface area contributed by atoms with E-state index in [1.54, 1.807) is 12.4 Å². The van der Waals surface area contributed by atoms with Gasteiger partial charge in [-0.3, -0.25) is 4.99 Å². The van der Waals surface area contributed by atoms with E-state index in [1.165, 1.54) is 12.4 Å². The second-order valence-electron chi connectivity index (χ2n) is 1.33. The second kappa shape index (κ2) is 6.82. The van der Waals surface area contributed by atoms with E-state index in [4.69, 9.17) is 5.11 Å². The Kier molecular flexibility index (Phi) is 8.46. The minimum atomic E-state index is 0. The molecule has 0 aromatic heterocycles. The third-order valence-electron chi connectivity index (χ3n) is 0.695. The molecule has 0 radical (unpaired) electrons. The van der Waals surface area contributed by atoms with Gasteiger partial charge in [-0.05, 0) is 0 Å². The van der Waals surface area contributed by atoms with Crippen molar-refractivity contribution >= 4 is 40.2 Å². The number of nitrogens with one attached hydrogen (secondary N) is 1. The minimum Gasteiger partial charge on any atom is -0.505 e. The average Bonchev–Trinajstić information content (AvgIpc) is 1.94. The van der Waals surface area contributed by atoms with Crippen LogP contribution in [0.1, 0.15) is 0 Å². The molecule has 3 nitrogen and oxygen atoms in total. The molecule has 0 unspecified atom stereocenters. The lowest BCUT2D eigenvalue weighted by Gasteiger charge is -1.84. The predicted octanol–water partition coefficient (Wildman–Crippen LogP) is 1.69. The monoisotopic (exact) mass is 270 g/mol. The highest BCUT2D eigenvalue weighted by molar-refractivity contribution is 8.93. The molecule has 1 rings (SSSR count). The Morgan fingerprint density at radius 2 is 2.10 bits per heavy atom. The van der Waals surface area contributed by atoms with Gasteiger partial charge in [-0.25, -0.2) is 0 Å². The van der Waals surface area contributed by atoms with E-state index in [2.05, 4.69) is 10.3 Å². The van der Waals surface area contributed by atoms with Crippen LogP contribution in [0.5, 0.6) is 0 Å². The van der Waals surface area contributed by atoms with E-state index >= 15 is 0 Å². The van der Waals surface area contributed by atoms with Crippen molar-refractivity contribution in [2.45, 2.75) is 0 Å². The number of halogens is 2. The molecule has 0 saturated carbocycles. The van der Waals surface area contributed by atoms with Gasteiger partial charge >= 0.3 is 0 Å². The van der Waals surface area contributed by atoms with Gasteiger partial charge in [0.1, 0.15) is 5.76 Å². The molecule has 0 atom stereocenters. The maximum atomic E-state index is 8.70. The summed E-state index contributed by atoms with van der Waals surface area (Å²) in [5, 5.41) is 11.4. The molecule has 0 spiro atoms. The zero-order valence-electron chi connectivity index (χ0n) is 5.02. The first kappa shape index (κ1) is 12.4. The van der Waals surface area contributed by atoms with Crippen molar-refractivity contribution in [1.29, 1.82) is 0 Å². The van der Waals surface area contributed by atoms with E-state index in [-0.39, 0.29) is 39.7 Å². The highest BCUT2D eigenvalue weighted by Crippen LogP contribution is 1.84. The quantitative estimate of drug-likeness (QED) is 0.704. The Bertz CT molecular complexity index is 162. The maximum Gasteiger partial charge on any atom is 0.149 e. The molecule has 0 bridgehead atoms. The van der Waals surface area contributed by atoms with Crippen molar-refractivity contribution in [1.82, 2.24) is 5.32 Å². The van der Waals surface area contributed by atoms with Gasteiger partial charge in [-0.15, -0.1) is 34.0 Å². The molecule has 1 heterocycles. The molecule has 0 fully saturated rings. The Hall–Kier alpha value is -0.290. The minimum absolute atomic E-state index is 0. The highest BCUT2D eigenvalue weighted by atomic mass is 79.9. The summed E-state index contributed by atoms with van der Waals surface area (Å²) in [6.07, 6.45) is 5.99. The van der Waals surface area contributed by atoms with Gasteiger partial charge in [-0.1, -0.05) is 0 Å². The smallest absolute Gasteiger partial charge is 0.149 e. The first-order valence-corrected chi connectivity index (χ1v) is 2.23. The third kappa shape index (κ3) is 4.58. The highest BCUT2D eigenvalue weighted by Gasteiger charge is 1.83. The molecule has 0 amide bonds. The Morgan fingerprint density at radius 1 is 1.40 bits per heavy atom. The van der Waals surface area contributed by atoms with Crippen molar-refractivity contribution < 1.29 is 5.11 Å². The number of aliphatic imine (C=N–C) groups is 1. The van der Waals surface area contributed by atoms with Crippen LogP contribution in [-0.2, 0) is 0 Å². The van der Waals surface area contributed by atoms with Crippen molar-refractivity contribution in [3.05, 3.63) is 24.4 Å². The molecule has 1 aliphatic heterocycles. The van der Waals surface area contributed by atoms with Crippen LogP contribution in [0.25, 0.3) is 0 Å². The molecular formula is C5H8Br2N2O. The van der Waals surface area contributed by atoms with Crippen molar-refractivity contribution in [2.75, 3.05) is 0 Å². The van der Waals surface area contributed by atoms with E-state index < -0.39 is 0 Å². The Balaban J connectivity index is 0. The largest absolute Gasteiger partial charge is 0.505 e. The summed E-state index contributed by atoms with van der Waals surface area (Å²) in [7, 11) is 0. The second-order valence-corrected chi connectivity index (χ2v) is 1.33. The molecule has 58 valence electrons. The molecule has 5 heteroatoms. The number of aliphatic hydroxyl groups excluding tert-OH is 1. The van der Waals surface area contributed by atoms with Gasteiger partial charge in [-0.2, -0.15) is 0 Å². The van der Waals surface area contributed by atoms with Gasteiger partial charge in [0, 0.05) is 18.6 Å². The molecular weight excluding hydrogens is 264 g/mol. The number of nitrogens with zero attached hydrogens (tertiary/aromatic N) is 1. The maximum absolute atomic E-state index is 8.70. The molecule has 2 N–H and O–H groups in total. The predicted molar refractivity (Wildman–Crippen MR) is 52.1 cm³/mol. The van der Waals surface area contributed by atoms with E-state index in [0.29, 0.717) is 0 Å². The fourth-order valence-electron chi connectivity index (χ4n) is 0.376. The van der Waals surface area contributed by atoms with Crippen molar-refractivity contribution in [3.8, 4) is 0 Å². The lowest BCUT2D eigenvalue weighted by molar-refractivity contribution is 0.443. The lowest BCUT2D eigenvalue weighted by Crippen LogP contribution is -1.92. The number of hydrogen-bond donors (Lipinski definition) is 2. The van der Waals surface area contributed by atoms with Crippen LogP contribution in [-0.4, -0.2) is 11.3 Å². The first-order chi connectivity index (χ1) is 3.89. The molecule has 10 heavy (non-hydrogen) atoms. The topological polar surface area (TPSA) is 44.6 Å². The molecule has 0 aromatic carbocycles. The zero-order valence-corrected chi connectivity index (χ0v) is 8.45. The van der Waals surface area contributed by atoms with Crippen LogP contribution in [0.2, 0.25) is 0 Å². The summed E-state index contributed by atoms with van der Waals surface area (Å²) in [4.78, 5) is 3.67. The molecule has 1 aliphatic rings. The summed E-state index contributed by atoms with van der Waals surface area (Å²) < 4.78 is 0. The van der Waals surface area contributed by atoms with Gasteiger partial charge in [0.05, 0.1) is 6.21 Å². The zero-order chi connectivity index (χ0) is 5.82. The van der Waals surface area contributed by atoms with Crippen molar-refractivity contribution in [3.63, 3.8) is 0 Å². The Labute approximate surface area is 80.1 Å². The van der Waals surface area contributed by atoms with Gasteiger partial charge in [0.2, 0.25) is 0 Å². The van der Waals surface area contributed by atoms with E-state index in [1.807, 2.05) is 0 Å². The van der Waals surface area contributed by atoms with Gasteiger partial charge < -0.3 is 10.4 Å². The van der Waals surface area contributed by atoms with Gasteiger partial charge in [0.15, 0.2) is 0 Å². The average molecular weight is 272 g/mol. The fourth-order valence-corrected chi connectivity index (χ4v) is 0.376. The van der Waals surface area contributed by atoms with Crippen molar-refractivity contribution in [2.24, 2.45) is 4.99 Å². The number of hydrogen-bond acceptors (Lipinski definition) is 3. The molecule has 0 aromatic rings. The SMILES string of the molecule is Br.Br.OC1=CNC=CN=C1. The third-order valence-corrected chi connectivity index (χ3v) is 0.695. The number of rotatable bonds is 0. The van der Waals surface area contributed by atoms with Crippen LogP contribution in [0, 0.1) is 0 Å².